The Labute approximate surface area is 68.1 Å². The molecule has 0 spiro atoms. The van der Waals surface area contributed by atoms with Crippen LogP contribution in [0.4, 0.5) is 5.82 Å². The number of azo groups is 1. The van der Waals surface area contributed by atoms with Crippen molar-refractivity contribution in [2.75, 3.05) is 0 Å². The van der Waals surface area contributed by atoms with E-state index < -0.39 is 0 Å². The van der Waals surface area contributed by atoms with Gasteiger partial charge in [-0.2, -0.15) is 5.11 Å². The zero-order valence-corrected chi connectivity index (χ0v) is 6.18. The zero-order chi connectivity index (χ0) is 7.97. The second-order valence-electron chi connectivity index (χ2n) is 2.58. The van der Waals surface area contributed by atoms with Gasteiger partial charge in [-0.1, -0.05) is 0 Å². The van der Waals surface area contributed by atoms with Crippen molar-refractivity contribution in [3.05, 3.63) is 18.5 Å². The summed E-state index contributed by atoms with van der Waals surface area (Å²) in [6, 6.07) is 1.92. The van der Waals surface area contributed by atoms with Crippen molar-refractivity contribution in [2.24, 2.45) is 10.2 Å². The van der Waals surface area contributed by atoms with Crippen LogP contribution in [0.3, 0.4) is 0 Å². The summed E-state index contributed by atoms with van der Waals surface area (Å²) >= 11 is 0. The SMILES string of the molecule is c1cc2n3c(cnc-2n1)N=NC3. The van der Waals surface area contributed by atoms with Gasteiger partial charge >= 0.3 is 0 Å². The minimum Gasteiger partial charge on any atom is -0.298 e. The fraction of sp³-hybridized carbons (Fsp3) is 0.143. The van der Waals surface area contributed by atoms with E-state index in [0.29, 0.717) is 6.67 Å². The Balaban J connectivity index is 2.41. The van der Waals surface area contributed by atoms with Crippen LogP contribution >= 0.6 is 0 Å². The lowest BCUT2D eigenvalue weighted by molar-refractivity contribution is 0.773. The topological polar surface area (TPSA) is 55.4 Å². The minimum absolute atomic E-state index is 0.583. The van der Waals surface area contributed by atoms with Gasteiger partial charge < -0.3 is 0 Å². The smallest absolute Gasteiger partial charge is 0.176 e. The third-order valence-corrected chi connectivity index (χ3v) is 1.91. The number of fused-ring (bicyclic) bond motifs is 3. The van der Waals surface area contributed by atoms with Crippen LogP contribution in [0, 0.1) is 0 Å². The molecule has 0 atom stereocenters. The second kappa shape index (κ2) is 1.88. The van der Waals surface area contributed by atoms with Crippen molar-refractivity contribution < 1.29 is 0 Å². The van der Waals surface area contributed by atoms with Crippen LogP contribution in [0.2, 0.25) is 0 Å². The predicted octanol–water partition coefficient (Wildman–Crippen LogP) is 1.44. The third kappa shape index (κ3) is 0.578. The van der Waals surface area contributed by atoms with Crippen LogP contribution in [0.25, 0.3) is 11.5 Å². The summed E-state index contributed by atoms with van der Waals surface area (Å²) in [6.45, 7) is 0.583. The van der Waals surface area contributed by atoms with E-state index >= 15 is 0 Å². The molecule has 0 aliphatic carbocycles. The number of hydrogen-bond donors (Lipinski definition) is 0. The highest BCUT2D eigenvalue weighted by atomic mass is 15.3. The summed E-state index contributed by atoms with van der Waals surface area (Å²) in [5.41, 5.74) is 0.998. The summed E-state index contributed by atoms with van der Waals surface area (Å²) in [7, 11) is 0. The highest BCUT2D eigenvalue weighted by Gasteiger charge is 2.15. The van der Waals surface area contributed by atoms with E-state index in [1.54, 1.807) is 12.4 Å². The lowest BCUT2D eigenvalue weighted by Gasteiger charge is -2.04. The number of hydrogen-bond acceptors (Lipinski definition) is 4. The van der Waals surface area contributed by atoms with Crippen LogP contribution in [0.5, 0.6) is 0 Å². The van der Waals surface area contributed by atoms with Crippen molar-refractivity contribution >= 4 is 5.82 Å². The molecule has 58 valence electrons. The van der Waals surface area contributed by atoms with Crippen molar-refractivity contribution in [2.45, 2.75) is 6.67 Å². The first-order valence-electron chi connectivity index (χ1n) is 3.63. The zero-order valence-electron chi connectivity index (χ0n) is 6.18. The van der Waals surface area contributed by atoms with Crippen molar-refractivity contribution in [3.63, 3.8) is 0 Å². The van der Waals surface area contributed by atoms with E-state index in [-0.39, 0.29) is 0 Å². The van der Waals surface area contributed by atoms with Gasteiger partial charge in [-0.05, 0) is 6.07 Å². The van der Waals surface area contributed by atoms with E-state index in [1.165, 1.54) is 0 Å². The van der Waals surface area contributed by atoms with Gasteiger partial charge in [-0.15, -0.1) is 5.11 Å². The van der Waals surface area contributed by atoms with E-state index in [4.69, 9.17) is 0 Å². The fourth-order valence-corrected chi connectivity index (χ4v) is 1.34. The summed E-state index contributed by atoms with van der Waals surface area (Å²) in [5, 5.41) is 7.83. The summed E-state index contributed by atoms with van der Waals surface area (Å²) < 4.78 is 1.98. The number of aromatic nitrogens is 3. The van der Waals surface area contributed by atoms with Crippen LogP contribution < -0.4 is 0 Å². The first kappa shape index (κ1) is 5.82. The molecule has 0 saturated heterocycles. The molecule has 5 nitrogen and oxygen atoms in total. The molecule has 0 radical (unpaired) electrons. The first-order chi connectivity index (χ1) is 5.95. The lowest BCUT2D eigenvalue weighted by Crippen LogP contribution is -1.99. The highest BCUT2D eigenvalue weighted by molar-refractivity contribution is 5.55. The standard InChI is InChI=1S/C7H5N5/c1-2-8-7-5(1)12-4-10-11-6(12)3-9-7/h1-3H,4H2. The quantitative estimate of drug-likeness (QED) is 0.584. The maximum absolute atomic E-state index is 4.13. The molecule has 0 N–H and O–H groups in total. The molecule has 0 aromatic rings. The van der Waals surface area contributed by atoms with Gasteiger partial charge in [0.15, 0.2) is 11.6 Å². The van der Waals surface area contributed by atoms with Crippen LogP contribution in [-0.4, -0.2) is 14.5 Å². The molecule has 0 unspecified atom stereocenters. The molecule has 12 heavy (non-hydrogen) atoms. The lowest BCUT2D eigenvalue weighted by atomic mass is 10.4. The third-order valence-electron chi connectivity index (χ3n) is 1.91. The van der Waals surface area contributed by atoms with Crippen LogP contribution in [-0.2, 0) is 6.67 Å². The van der Waals surface area contributed by atoms with E-state index in [1.807, 2.05) is 10.6 Å². The molecule has 5 heteroatoms. The monoisotopic (exact) mass is 159 g/mol. The van der Waals surface area contributed by atoms with E-state index in [2.05, 4.69) is 20.2 Å². The minimum atomic E-state index is 0.583. The van der Waals surface area contributed by atoms with Gasteiger partial charge in [0.1, 0.15) is 6.67 Å². The van der Waals surface area contributed by atoms with Crippen LogP contribution in [0.1, 0.15) is 0 Å². The predicted molar refractivity (Wildman–Crippen MR) is 41.2 cm³/mol. The molecule has 0 aromatic heterocycles. The first-order valence-corrected chi connectivity index (χ1v) is 3.63. The normalized spacial score (nSPS) is 14.0. The van der Waals surface area contributed by atoms with Crippen LogP contribution in [0.15, 0.2) is 28.7 Å². The number of nitrogens with zero attached hydrogens (tertiary/aromatic N) is 5. The Bertz CT molecular complexity index is 430. The molecule has 0 aromatic carbocycles. The largest absolute Gasteiger partial charge is 0.298 e. The molecule has 3 aliphatic heterocycles. The molecule has 0 amide bonds. The van der Waals surface area contributed by atoms with Gasteiger partial charge in [0.05, 0.1) is 11.9 Å². The van der Waals surface area contributed by atoms with Gasteiger partial charge in [-0.3, -0.25) is 4.57 Å². The second-order valence-corrected chi connectivity index (χ2v) is 2.58. The fourth-order valence-electron chi connectivity index (χ4n) is 1.34. The molecule has 3 heterocycles. The summed E-state index contributed by atoms with van der Waals surface area (Å²) in [5.74, 6) is 1.56. The molecular weight excluding hydrogens is 154 g/mol. The molecule has 0 bridgehead atoms. The average molecular weight is 159 g/mol. The average Bonchev–Trinajstić information content (AvgIpc) is 2.71. The van der Waals surface area contributed by atoms with Gasteiger partial charge in [0.2, 0.25) is 0 Å². The summed E-state index contributed by atoms with van der Waals surface area (Å²) in [6.07, 6.45) is 3.43. The van der Waals surface area contributed by atoms with Gasteiger partial charge in [0.25, 0.3) is 0 Å². The summed E-state index contributed by atoms with van der Waals surface area (Å²) in [4.78, 5) is 8.21. The molecular formula is C7H5N5. The molecule has 0 fully saturated rings. The van der Waals surface area contributed by atoms with Crippen molar-refractivity contribution in [1.29, 1.82) is 0 Å². The molecule has 3 aliphatic rings. The Hall–Kier alpha value is -1.78. The molecule has 3 rings (SSSR count). The Morgan fingerprint density at radius 3 is 3.33 bits per heavy atom. The van der Waals surface area contributed by atoms with Crippen molar-refractivity contribution in [1.82, 2.24) is 14.5 Å². The number of rotatable bonds is 0. The Morgan fingerprint density at radius 2 is 2.33 bits per heavy atom. The van der Waals surface area contributed by atoms with E-state index in [9.17, 15) is 0 Å². The highest BCUT2D eigenvalue weighted by Crippen LogP contribution is 2.27. The maximum atomic E-state index is 4.13. The van der Waals surface area contributed by atoms with E-state index in [0.717, 1.165) is 17.3 Å². The Kier molecular flexibility index (Phi) is 0.910. The van der Waals surface area contributed by atoms with Gasteiger partial charge in [0, 0.05) is 6.20 Å². The maximum Gasteiger partial charge on any atom is 0.176 e. The Morgan fingerprint density at radius 1 is 1.33 bits per heavy atom. The molecule has 0 saturated carbocycles. The van der Waals surface area contributed by atoms with Crippen molar-refractivity contribution in [3.8, 4) is 11.5 Å². The van der Waals surface area contributed by atoms with Gasteiger partial charge in [-0.25, -0.2) is 9.97 Å².